The van der Waals surface area contributed by atoms with Gasteiger partial charge in [-0.2, -0.15) is 0 Å². The topological polar surface area (TPSA) is 40.5 Å². The standard InChI is InChI=1S/C14H17ClFNO2/c1-2-14(13(18)19)5-6-17(9-14)8-10-3-4-11(15)12(16)7-10/h3-4,7H,2,5-6,8-9H2,1H3,(H,18,19). The minimum Gasteiger partial charge on any atom is -0.481 e. The van der Waals surface area contributed by atoms with E-state index < -0.39 is 17.2 Å². The molecule has 19 heavy (non-hydrogen) atoms. The number of likely N-dealkylation sites (tertiary alicyclic amines) is 1. The Morgan fingerprint density at radius 3 is 2.84 bits per heavy atom. The van der Waals surface area contributed by atoms with Gasteiger partial charge in [-0.3, -0.25) is 9.69 Å². The monoisotopic (exact) mass is 285 g/mol. The Hall–Kier alpha value is -1.13. The van der Waals surface area contributed by atoms with Gasteiger partial charge < -0.3 is 5.11 Å². The largest absolute Gasteiger partial charge is 0.481 e. The molecule has 3 nitrogen and oxygen atoms in total. The lowest BCUT2D eigenvalue weighted by Gasteiger charge is -2.23. The Labute approximate surface area is 117 Å². The first-order valence-corrected chi connectivity index (χ1v) is 6.74. The van der Waals surface area contributed by atoms with Crippen LogP contribution in [0.4, 0.5) is 4.39 Å². The molecule has 1 aliphatic heterocycles. The lowest BCUT2D eigenvalue weighted by molar-refractivity contribution is -0.148. The maximum atomic E-state index is 13.4. The molecule has 1 aliphatic rings. The maximum Gasteiger partial charge on any atom is 0.310 e. The zero-order chi connectivity index (χ0) is 14.0. The fourth-order valence-corrected chi connectivity index (χ4v) is 2.72. The van der Waals surface area contributed by atoms with Gasteiger partial charge in [-0.25, -0.2) is 4.39 Å². The van der Waals surface area contributed by atoms with Crippen LogP contribution in [0, 0.1) is 11.2 Å². The third-order valence-corrected chi connectivity index (χ3v) is 4.26. The van der Waals surface area contributed by atoms with Gasteiger partial charge in [0, 0.05) is 13.1 Å². The van der Waals surface area contributed by atoms with E-state index in [0.29, 0.717) is 25.9 Å². The SMILES string of the molecule is CCC1(C(=O)O)CCN(Cc2ccc(Cl)c(F)c2)C1. The molecule has 1 saturated heterocycles. The van der Waals surface area contributed by atoms with Crippen molar-refractivity contribution < 1.29 is 14.3 Å². The van der Waals surface area contributed by atoms with Crippen LogP contribution in [0.25, 0.3) is 0 Å². The van der Waals surface area contributed by atoms with E-state index in [0.717, 1.165) is 12.1 Å². The highest BCUT2D eigenvalue weighted by atomic mass is 35.5. The summed E-state index contributed by atoms with van der Waals surface area (Å²) in [5.74, 6) is -1.17. The van der Waals surface area contributed by atoms with Crippen molar-refractivity contribution >= 4 is 17.6 Å². The van der Waals surface area contributed by atoms with Gasteiger partial charge in [0.1, 0.15) is 5.82 Å². The number of halogens is 2. The maximum absolute atomic E-state index is 13.4. The van der Waals surface area contributed by atoms with E-state index >= 15 is 0 Å². The fourth-order valence-electron chi connectivity index (χ4n) is 2.60. The Morgan fingerprint density at radius 2 is 2.32 bits per heavy atom. The number of carbonyl (C=O) groups is 1. The fraction of sp³-hybridized carbons (Fsp3) is 0.500. The van der Waals surface area contributed by atoms with Gasteiger partial charge in [0.15, 0.2) is 0 Å². The van der Waals surface area contributed by atoms with Crippen LogP contribution in [0.2, 0.25) is 5.02 Å². The van der Waals surface area contributed by atoms with Crippen LogP contribution in [-0.2, 0) is 11.3 Å². The molecule has 1 N–H and O–H groups in total. The molecule has 1 fully saturated rings. The van der Waals surface area contributed by atoms with Crippen LogP contribution in [-0.4, -0.2) is 29.1 Å². The van der Waals surface area contributed by atoms with E-state index in [2.05, 4.69) is 4.90 Å². The van der Waals surface area contributed by atoms with Crippen molar-refractivity contribution in [2.45, 2.75) is 26.3 Å². The number of benzene rings is 1. The summed E-state index contributed by atoms with van der Waals surface area (Å²) in [7, 11) is 0. The first-order chi connectivity index (χ1) is 8.97. The van der Waals surface area contributed by atoms with E-state index in [9.17, 15) is 14.3 Å². The van der Waals surface area contributed by atoms with Crippen molar-refractivity contribution in [3.63, 3.8) is 0 Å². The summed E-state index contributed by atoms with van der Waals surface area (Å²) in [5, 5.41) is 9.43. The number of carboxylic acids is 1. The third kappa shape index (κ3) is 2.90. The van der Waals surface area contributed by atoms with E-state index in [-0.39, 0.29) is 5.02 Å². The predicted molar refractivity (Wildman–Crippen MR) is 71.7 cm³/mol. The molecule has 0 spiro atoms. The lowest BCUT2D eigenvalue weighted by Crippen LogP contribution is -2.33. The van der Waals surface area contributed by atoms with Crippen LogP contribution in [0.1, 0.15) is 25.3 Å². The van der Waals surface area contributed by atoms with Gasteiger partial charge in [0.25, 0.3) is 0 Å². The highest BCUT2D eigenvalue weighted by molar-refractivity contribution is 6.30. The minimum absolute atomic E-state index is 0.110. The number of aliphatic carboxylic acids is 1. The molecule has 1 unspecified atom stereocenters. The zero-order valence-corrected chi connectivity index (χ0v) is 11.6. The zero-order valence-electron chi connectivity index (χ0n) is 10.8. The van der Waals surface area contributed by atoms with Gasteiger partial charge in [0.2, 0.25) is 0 Å². The molecule has 2 rings (SSSR count). The van der Waals surface area contributed by atoms with E-state index in [1.807, 2.05) is 6.92 Å². The molecule has 0 saturated carbocycles. The highest BCUT2D eigenvalue weighted by Gasteiger charge is 2.42. The summed E-state index contributed by atoms with van der Waals surface area (Å²) in [4.78, 5) is 13.4. The molecule has 0 bridgehead atoms. The molecular weight excluding hydrogens is 269 g/mol. The summed E-state index contributed by atoms with van der Waals surface area (Å²) >= 11 is 5.64. The van der Waals surface area contributed by atoms with Crippen molar-refractivity contribution in [1.29, 1.82) is 0 Å². The molecule has 1 atom stereocenters. The van der Waals surface area contributed by atoms with Crippen LogP contribution < -0.4 is 0 Å². The van der Waals surface area contributed by atoms with E-state index in [4.69, 9.17) is 11.6 Å². The van der Waals surface area contributed by atoms with Crippen molar-refractivity contribution in [3.8, 4) is 0 Å². The summed E-state index contributed by atoms with van der Waals surface area (Å²) in [6, 6.07) is 4.72. The van der Waals surface area contributed by atoms with Gasteiger partial charge in [-0.15, -0.1) is 0 Å². The Kier molecular flexibility index (Phi) is 4.11. The van der Waals surface area contributed by atoms with Gasteiger partial charge in [-0.05, 0) is 37.1 Å². The second kappa shape index (κ2) is 5.47. The van der Waals surface area contributed by atoms with Gasteiger partial charge >= 0.3 is 5.97 Å². The highest BCUT2D eigenvalue weighted by Crippen LogP contribution is 2.35. The van der Waals surface area contributed by atoms with Crippen LogP contribution in [0.15, 0.2) is 18.2 Å². The minimum atomic E-state index is -0.736. The number of carboxylic acid groups (broad SMARTS) is 1. The number of rotatable bonds is 4. The van der Waals surface area contributed by atoms with Gasteiger partial charge in [-0.1, -0.05) is 24.6 Å². The van der Waals surface area contributed by atoms with Crippen molar-refractivity contribution in [2.75, 3.05) is 13.1 Å². The molecule has 1 heterocycles. The summed E-state index contributed by atoms with van der Waals surface area (Å²) in [6.07, 6.45) is 1.27. The van der Waals surface area contributed by atoms with E-state index in [1.165, 1.54) is 12.1 Å². The normalized spacial score (nSPS) is 23.7. The molecule has 0 amide bonds. The number of nitrogens with zero attached hydrogens (tertiary/aromatic N) is 1. The van der Waals surface area contributed by atoms with Crippen LogP contribution >= 0.6 is 11.6 Å². The number of hydrogen-bond acceptors (Lipinski definition) is 2. The molecular formula is C14H17ClFNO2. The Morgan fingerprint density at radius 1 is 1.58 bits per heavy atom. The van der Waals surface area contributed by atoms with Crippen molar-refractivity contribution in [3.05, 3.63) is 34.6 Å². The molecule has 0 radical (unpaired) electrons. The molecule has 1 aromatic carbocycles. The van der Waals surface area contributed by atoms with Crippen LogP contribution in [0.5, 0.6) is 0 Å². The van der Waals surface area contributed by atoms with Crippen molar-refractivity contribution in [1.82, 2.24) is 4.90 Å². The second-order valence-electron chi connectivity index (χ2n) is 5.15. The number of hydrogen-bond donors (Lipinski definition) is 1. The van der Waals surface area contributed by atoms with E-state index in [1.54, 1.807) is 6.07 Å². The predicted octanol–water partition coefficient (Wildman–Crippen LogP) is 3.17. The summed E-state index contributed by atoms with van der Waals surface area (Å²) in [5.41, 5.74) is 0.171. The smallest absolute Gasteiger partial charge is 0.310 e. The lowest BCUT2D eigenvalue weighted by atomic mass is 9.84. The summed E-state index contributed by atoms with van der Waals surface area (Å²) in [6.45, 7) is 3.70. The quantitative estimate of drug-likeness (QED) is 0.924. The molecule has 0 aromatic heterocycles. The molecule has 5 heteroatoms. The first-order valence-electron chi connectivity index (χ1n) is 6.36. The second-order valence-corrected chi connectivity index (χ2v) is 5.56. The molecule has 104 valence electrons. The first kappa shape index (κ1) is 14.3. The Balaban J connectivity index is 2.05. The third-order valence-electron chi connectivity index (χ3n) is 3.95. The average Bonchev–Trinajstić information content (AvgIpc) is 2.79. The average molecular weight is 286 g/mol. The van der Waals surface area contributed by atoms with Gasteiger partial charge in [0.05, 0.1) is 10.4 Å². The van der Waals surface area contributed by atoms with Crippen molar-refractivity contribution in [2.24, 2.45) is 5.41 Å². The Bertz CT molecular complexity index is 494. The molecule has 0 aliphatic carbocycles. The molecule has 1 aromatic rings. The van der Waals surface area contributed by atoms with Crippen LogP contribution in [0.3, 0.4) is 0 Å². The summed E-state index contributed by atoms with van der Waals surface area (Å²) < 4.78 is 13.4.